The third-order valence-corrected chi connectivity index (χ3v) is 0.397. The first-order valence-electron chi connectivity index (χ1n) is 1.90. The number of carboxylic acids is 1. The van der Waals surface area contributed by atoms with Crippen molar-refractivity contribution >= 4 is 11.9 Å². The highest BCUT2D eigenvalue weighted by Gasteiger charge is 1.90. The molecule has 0 spiro atoms. The van der Waals surface area contributed by atoms with E-state index in [4.69, 9.17) is 16.6 Å². The summed E-state index contributed by atoms with van der Waals surface area (Å²) < 4.78 is 0. The Morgan fingerprint density at radius 1 is 1.62 bits per heavy atom. The Labute approximate surface area is 46.0 Å². The van der Waals surface area contributed by atoms with Gasteiger partial charge in [-0.05, 0) is 0 Å². The number of hydrogen-bond donors (Lipinski definition) is 3. The summed E-state index contributed by atoms with van der Waals surface area (Å²) in [7, 11) is 0. The van der Waals surface area contributed by atoms with E-state index in [0.717, 1.165) is 0 Å². The van der Waals surface area contributed by atoms with Crippen LogP contribution in [0.2, 0.25) is 0 Å². The third-order valence-electron chi connectivity index (χ3n) is 0.397. The molecule has 0 aromatic carbocycles. The van der Waals surface area contributed by atoms with Gasteiger partial charge in [-0.3, -0.25) is 4.79 Å². The zero-order chi connectivity index (χ0) is 6.57. The molecule has 0 atom stereocenters. The van der Waals surface area contributed by atoms with Gasteiger partial charge < -0.3 is 16.6 Å². The zero-order valence-electron chi connectivity index (χ0n) is 4.16. The lowest BCUT2D eigenvalue weighted by molar-refractivity contribution is -0.135. The molecule has 5 N–H and O–H groups in total. The lowest BCUT2D eigenvalue weighted by Gasteiger charge is -1.85. The summed E-state index contributed by atoms with van der Waals surface area (Å²) >= 11 is 0. The van der Waals surface area contributed by atoms with E-state index in [2.05, 4.69) is 4.99 Å². The first kappa shape index (κ1) is 6.74. The largest absolute Gasteiger partial charge is 0.480 e. The molecule has 8 heavy (non-hydrogen) atoms. The van der Waals surface area contributed by atoms with E-state index in [1.807, 2.05) is 0 Å². The molecule has 0 fully saturated rings. The Hall–Kier alpha value is -1.26. The number of rotatable bonds is 2. The highest BCUT2D eigenvalue weighted by atomic mass is 16.5. The molecule has 0 saturated carbocycles. The van der Waals surface area contributed by atoms with E-state index >= 15 is 0 Å². The summed E-state index contributed by atoms with van der Waals surface area (Å²) in [5.41, 5.74) is 9.61. The number of aliphatic carboxylic acids is 1. The maximum absolute atomic E-state index is 9.69. The number of hydrogen-bond acceptors (Lipinski definition) is 2. The molecule has 5 heteroatoms. The van der Waals surface area contributed by atoms with Crippen LogP contribution in [0.5, 0.6) is 0 Å². The number of carbonyl (C=O) groups is 1. The van der Waals surface area contributed by atoms with Crippen LogP contribution in [0.1, 0.15) is 0 Å². The molecule has 0 aromatic rings. The van der Waals surface area contributed by atoms with Crippen molar-refractivity contribution in [1.82, 2.24) is 0 Å². The van der Waals surface area contributed by atoms with Crippen molar-refractivity contribution in [3.63, 3.8) is 0 Å². The van der Waals surface area contributed by atoms with Crippen molar-refractivity contribution < 1.29 is 9.90 Å². The molecule has 0 heterocycles. The van der Waals surface area contributed by atoms with Gasteiger partial charge in [-0.25, -0.2) is 4.99 Å². The second kappa shape index (κ2) is 2.84. The number of carboxylic acid groups (broad SMARTS) is 1. The van der Waals surface area contributed by atoms with Gasteiger partial charge in [0.1, 0.15) is 6.54 Å². The first-order valence-corrected chi connectivity index (χ1v) is 1.90. The Kier molecular flexibility index (Phi) is 2.39. The number of nitrogens with two attached hydrogens (primary N) is 2. The minimum atomic E-state index is -1.04. The molecule has 0 aliphatic carbocycles. The molecule has 0 unspecified atom stereocenters. The first-order chi connectivity index (χ1) is 3.63. The molecule has 0 radical (unpaired) electrons. The highest BCUT2D eigenvalue weighted by Crippen LogP contribution is 1.65. The maximum atomic E-state index is 9.69. The summed E-state index contributed by atoms with van der Waals surface area (Å²) in [6.45, 7) is -0.359. The molecule has 0 aliphatic heterocycles. The third kappa shape index (κ3) is 4.74. The lowest BCUT2D eigenvalue weighted by atomic mass is 11.1. The molecular weight excluding hydrogens is 112 g/mol. The average molecular weight is 119 g/mol. The lowest BCUT2D eigenvalue weighted by Crippen LogP contribution is -2.24. The van der Waals surface area contributed by atoms with Crippen molar-refractivity contribution in [1.29, 1.82) is 0 Å². The summed E-state index contributed by atoms with van der Waals surface area (Å²) in [5.74, 6) is -1.24. The molecule has 0 saturated heterocycles. The Balaban J connectivity index is 3.45. The van der Waals surface area contributed by atoms with Gasteiger partial charge in [0.2, 0.25) is 0 Å². The summed E-state index contributed by atoms with van der Waals surface area (Å²) in [5, 5.41) is 7.94. The number of aliphatic imine (C=N–C) groups is 1. The minimum absolute atomic E-state index is 0.201. The summed E-state index contributed by atoms with van der Waals surface area (Å²) in [6, 6.07) is 0. The van der Waals surface area contributed by atoms with Gasteiger partial charge in [0.25, 0.3) is 0 Å². The Morgan fingerprint density at radius 3 is 2.25 bits per heavy atom. The van der Waals surface area contributed by atoms with E-state index in [1.54, 1.807) is 0 Å². The van der Waals surface area contributed by atoms with Crippen LogP contribution in [-0.2, 0) is 4.79 Å². The second-order valence-electron chi connectivity index (χ2n) is 1.13. The number of guanidine groups is 1. The van der Waals surface area contributed by atoms with Crippen molar-refractivity contribution in [3.05, 3.63) is 0 Å². The van der Waals surface area contributed by atoms with Crippen molar-refractivity contribution in [3.8, 4) is 0 Å². The van der Waals surface area contributed by atoms with E-state index in [1.165, 1.54) is 0 Å². The van der Waals surface area contributed by atoms with Gasteiger partial charge in [0.15, 0.2) is 5.96 Å². The van der Waals surface area contributed by atoms with Crippen LogP contribution in [0, 0.1) is 0 Å². The van der Waals surface area contributed by atoms with E-state index in [0.29, 0.717) is 0 Å². The van der Waals surface area contributed by atoms with E-state index in [-0.39, 0.29) is 12.5 Å². The quantitative estimate of drug-likeness (QED) is 0.230. The van der Waals surface area contributed by atoms with Crippen LogP contribution in [0.25, 0.3) is 0 Å². The van der Waals surface area contributed by atoms with Crippen LogP contribution in [-0.4, -0.2) is 23.6 Å². The Morgan fingerprint density at radius 2 is 2.12 bits per heavy atom. The fourth-order valence-corrected chi connectivity index (χ4v) is 0.159. The second-order valence-corrected chi connectivity index (χ2v) is 1.13. The molecule has 0 rings (SSSR count). The fourth-order valence-electron chi connectivity index (χ4n) is 0.159. The normalized spacial score (nSPS) is 8.00. The van der Waals surface area contributed by atoms with Gasteiger partial charge in [-0.2, -0.15) is 0 Å². The predicted molar refractivity (Wildman–Crippen MR) is 28.3 cm³/mol. The van der Waals surface area contributed by atoms with Crippen molar-refractivity contribution in [2.75, 3.05) is 6.54 Å². The van der Waals surface area contributed by atoms with E-state index < -0.39 is 5.97 Å². The van der Waals surface area contributed by atoms with Gasteiger partial charge in [0.05, 0.1) is 0 Å². The molecule has 0 amide bonds. The van der Waals surface area contributed by atoms with Crippen molar-refractivity contribution in [2.45, 2.75) is 0 Å². The van der Waals surface area contributed by atoms with Gasteiger partial charge in [-0.1, -0.05) is 0 Å². The SMILES string of the molecule is NC(N)=N[13CH2][13C](=O)O. The molecule has 0 bridgehead atoms. The van der Waals surface area contributed by atoms with Gasteiger partial charge in [0, 0.05) is 0 Å². The molecular formula is C3H7N3O2. The molecule has 0 aromatic heterocycles. The molecule has 0 aliphatic rings. The van der Waals surface area contributed by atoms with Gasteiger partial charge in [-0.15, -0.1) is 0 Å². The van der Waals surface area contributed by atoms with Crippen LogP contribution >= 0.6 is 0 Å². The molecule has 46 valence electrons. The van der Waals surface area contributed by atoms with Crippen LogP contribution in [0.3, 0.4) is 0 Å². The maximum Gasteiger partial charge on any atom is 0.325 e. The standard InChI is InChI=1S/C3H7N3O2/c4-3(5)6-1-2(7)8/h1H2,(H,7,8)(H4,4,5,6)/i1+1,2+1. The van der Waals surface area contributed by atoms with Crippen LogP contribution in [0.15, 0.2) is 4.99 Å². The smallest absolute Gasteiger partial charge is 0.325 e. The Bertz CT molecular complexity index is 116. The fraction of sp³-hybridized carbons (Fsp3) is 0.333. The average Bonchev–Trinajstić information content (AvgIpc) is 1.61. The minimum Gasteiger partial charge on any atom is -0.480 e. The zero-order valence-corrected chi connectivity index (χ0v) is 4.16. The monoisotopic (exact) mass is 119 g/mol. The van der Waals surface area contributed by atoms with Crippen LogP contribution in [0.4, 0.5) is 0 Å². The highest BCUT2D eigenvalue weighted by molar-refractivity contribution is 5.79. The van der Waals surface area contributed by atoms with Gasteiger partial charge >= 0.3 is 5.97 Å². The van der Waals surface area contributed by atoms with E-state index in [9.17, 15) is 4.79 Å². The summed E-state index contributed by atoms with van der Waals surface area (Å²) in [4.78, 5) is 12.9. The van der Waals surface area contributed by atoms with Crippen LogP contribution < -0.4 is 11.5 Å². The topological polar surface area (TPSA) is 102 Å². The summed E-state index contributed by atoms with van der Waals surface area (Å²) in [6.07, 6.45) is 0. The molecule has 5 nitrogen and oxygen atoms in total. The number of nitrogens with zero attached hydrogens (tertiary/aromatic N) is 1. The van der Waals surface area contributed by atoms with Crippen molar-refractivity contribution in [2.24, 2.45) is 16.5 Å². The predicted octanol–water partition coefficient (Wildman–Crippen LogP) is -1.66.